The number of halogens is 1. The molecule has 10 nitrogen and oxygen atoms in total. The van der Waals surface area contributed by atoms with Crippen LogP contribution in [0, 0.1) is 5.82 Å². The Balaban J connectivity index is 0.00000353. The molecule has 2 N–H and O–H groups in total. The number of ether oxygens (including phenoxy) is 1. The predicted octanol–water partition coefficient (Wildman–Crippen LogP) is 0.799. The van der Waals surface area contributed by atoms with Gasteiger partial charge in [0.1, 0.15) is 6.33 Å². The number of nitrogens with zero attached hydrogens (tertiary/aromatic N) is 5. The minimum Gasteiger partial charge on any atom is -0.494 e. The summed E-state index contributed by atoms with van der Waals surface area (Å²) in [6.07, 6.45) is 1.91. The van der Waals surface area contributed by atoms with Crippen LogP contribution >= 0.6 is 0 Å². The van der Waals surface area contributed by atoms with Gasteiger partial charge < -0.3 is 9.84 Å². The van der Waals surface area contributed by atoms with Gasteiger partial charge in [-0.2, -0.15) is 10.1 Å². The fourth-order valence-electron chi connectivity index (χ4n) is 5.10. The van der Waals surface area contributed by atoms with Crippen molar-refractivity contribution in [1.29, 1.82) is 0 Å². The number of methoxy groups -OCH3 is 1. The standard InChI is InChI=1S/C30H27FN6O4.K/c1-3-6-25-23(28(38)36(29-32-17-33-37(25)29)20-13-14-26(40-2)24(31)16-20)15-18-9-11-19(12-10-18)21-7-4-5-8-22(21)27-34-30(39)41-35-27;/h4-5,7-14,16-17,30,39H,3,6,15H2,1-2H3,(H,34,35);/q;+1. The zero-order chi connectivity index (χ0) is 28.5. The van der Waals surface area contributed by atoms with E-state index in [0.29, 0.717) is 35.7 Å². The Morgan fingerprint density at radius 3 is 2.52 bits per heavy atom. The number of rotatable bonds is 8. The Labute approximate surface area is 283 Å². The van der Waals surface area contributed by atoms with Gasteiger partial charge in [-0.25, -0.2) is 28.8 Å². The van der Waals surface area contributed by atoms with Crippen LogP contribution in [0.5, 0.6) is 5.75 Å². The molecule has 0 saturated carbocycles. The first-order valence-electron chi connectivity index (χ1n) is 13.1. The molecule has 0 bridgehead atoms. The average molecular weight is 594 g/mol. The number of hydrogen-bond donors (Lipinski definition) is 2. The van der Waals surface area contributed by atoms with E-state index in [2.05, 4.69) is 20.6 Å². The summed E-state index contributed by atoms with van der Waals surface area (Å²) in [5.41, 5.74) is 7.59. The van der Waals surface area contributed by atoms with E-state index in [1.807, 2.05) is 55.5 Å². The van der Waals surface area contributed by atoms with Crippen molar-refractivity contribution in [3.63, 3.8) is 0 Å². The molecule has 0 fully saturated rings. The van der Waals surface area contributed by atoms with Gasteiger partial charge in [0.2, 0.25) is 5.78 Å². The van der Waals surface area contributed by atoms with Crippen molar-refractivity contribution in [1.82, 2.24) is 24.6 Å². The minimum atomic E-state index is -1.25. The van der Waals surface area contributed by atoms with Gasteiger partial charge in [0, 0.05) is 23.6 Å². The third-order valence-corrected chi connectivity index (χ3v) is 7.00. The number of aliphatic hydroxyl groups is 1. The summed E-state index contributed by atoms with van der Waals surface area (Å²) in [4.78, 5) is 27.4. The molecule has 1 aliphatic rings. The zero-order valence-corrected chi connectivity index (χ0v) is 26.5. The number of amidine groups is 1. The molecule has 6 rings (SSSR count). The molecular formula is C30H27FKN6O4+. The van der Waals surface area contributed by atoms with E-state index < -0.39 is 12.2 Å². The first-order chi connectivity index (χ1) is 20.0. The smallest absolute Gasteiger partial charge is 0.494 e. The topological polar surface area (TPSA) is 115 Å². The number of benzene rings is 3. The Bertz CT molecular complexity index is 1840. The fourth-order valence-corrected chi connectivity index (χ4v) is 5.10. The molecule has 2 aromatic heterocycles. The Morgan fingerprint density at radius 2 is 1.86 bits per heavy atom. The van der Waals surface area contributed by atoms with Gasteiger partial charge >= 0.3 is 51.4 Å². The molecule has 1 unspecified atom stereocenters. The summed E-state index contributed by atoms with van der Waals surface area (Å²) >= 11 is 0. The van der Waals surface area contributed by atoms with Gasteiger partial charge in [0.25, 0.3) is 12.0 Å². The van der Waals surface area contributed by atoms with Crippen molar-refractivity contribution in [2.24, 2.45) is 4.99 Å². The van der Waals surface area contributed by atoms with E-state index in [-0.39, 0.29) is 62.7 Å². The second-order valence-electron chi connectivity index (χ2n) is 9.55. The van der Waals surface area contributed by atoms with E-state index >= 15 is 0 Å². The quantitative estimate of drug-likeness (QED) is 0.256. The Morgan fingerprint density at radius 1 is 1.10 bits per heavy atom. The molecule has 1 atom stereocenters. The monoisotopic (exact) mass is 593 g/mol. The van der Waals surface area contributed by atoms with E-state index in [9.17, 15) is 14.3 Å². The number of aryl methyl sites for hydroxylation is 1. The van der Waals surface area contributed by atoms with Crippen molar-refractivity contribution in [3.05, 3.63) is 112 Å². The van der Waals surface area contributed by atoms with Gasteiger partial charge in [0.15, 0.2) is 17.4 Å². The number of aromatic nitrogens is 4. The number of hydrogen-bond acceptors (Lipinski definition) is 8. The van der Waals surface area contributed by atoms with Crippen LogP contribution in [0.15, 0.2) is 82.8 Å². The Hall–Kier alpha value is -3.23. The maximum Gasteiger partial charge on any atom is 1.00 e. The molecule has 0 amide bonds. The SMILES string of the molecule is CCCc1c(Cc2ccc(-c3ccccc3C3=NC(O)ON3)cc2)c(=O)n(-c2ccc(OC)c(F)c2)c2ncnn12.[K+]. The normalized spacial score (nSPS) is 14.4. The molecular weight excluding hydrogens is 566 g/mol. The molecule has 1 aliphatic heterocycles. The third-order valence-electron chi connectivity index (χ3n) is 7.00. The van der Waals surface area contributed by atoms with E-state index in [1.165, 1.54) is 30.1 Å². The van der Waals surface area contributed by atoms with Crippen LogP contribution in [-0.2, 0) is 17.7 Å². The first-order valence-corrected chi connectivity index (χ1v) is 13.1. The molecule has 0 radical (unpaired) electrons. The number of fused-ring (bicyclic) bond motifs is 1. The van der Waals surface area contributed by atoms with Gasteiger partial charge in [-0.05, 0) is 35.2 Å². The van der Waals surface area contributed by atoms with Crippen molar-refractivity contribution < 1.29 is 70.5 Å². The Kier molecular flexibility index (Phi) is 9.33. The molecule has 0 saturated heterocycles. The summed E-state index contributed by atoms with van der Waals surface area (Å²) in [5, 5.41) is 14.0. The average Bonchev–Trinajstić information content (AvgIpc) is 3.65. The number of aliphatic hydroxyl groups excluding tert-OH is 1. The summed E-state index contributed by atoms with van der Waals surface area (Å²) in [5.74, 6) is 0.266. The first kappa shape index (κ1) is 30.2. The fraction of sp³-hybridized carbons (Fsp3) is 0.200. The molecule has 12 heteroatoms. The van der Waals surface area contributed by atoms with E-state index in [0.717, 1.165) is 34.4 Å². The van der Waals surface area contributed by atoms with Crippen LogP contribution in [0.2, 0.25) is 0 Å². The molecule has 3 heterocycles. The largest absolute Gasteiger partial charge is 1.00 e. The second kappa shape index (κ2) is 13.0. The summed E-state index contributed by atoms with van der Waals surface area (Å²) in [6.45, 7) is 2.04. The van der Waals surface area contributed by atoms with Crippen molar-refractivity contribution in [2.45, 2.75) is 32.6 Å². The minimum absolute atomic E-state index is 0. The van der Waals surface area contributed by atoms with Crippen LogP contribution in [0.4, 0.5) is 4.39 Å². The summed E-state index contributed by atoms with van der Waals surface area (Å²) in [7, 11) is 1.39. The predicted molar refractivity (Wildman–Crippen MR) is 151 cm³/mol. The van der Waals surface area contributed by atoms with Gasteiger partial charge in [-0.3, -0.25) is 4.79 Å². The second-order valence-corrected chi connectivity index (χ2v) is 9.55. The maximum atomic E-state index is 14.7. The van der Waals surface area contributed by atoms with E-state index in [4.69, 9.17) is 9.57 Å². The van der Waals surface area contributed by atoms with Crippen molar-refractivity contribution in [3.8, 4) is 22.6 Å². The van der Waals surface area contributed by atoms with Crippen LogP contribution in [0.1, 0.15) is 35.7 Å². The van der Waals surface area contributed by atoms with Crippen molar-refractivity contribution in [2.75, 3.05) is 7.11 Å². The molecule has 0 aliphatic carbocycles. The number of nitrogens with one attached hydrogen (secondary N) is 1. The summed E-state index contributed by atoms with van der Waals surface area (Å²) < 4.78 is 22.8. The van der Waals surface area contributed by atoms with Gasteiger partial charge in [0.05, 0.1) is 18.5 Å². The molecule has 5 aromatic rings. The van der Waals surface area contributed by atoms with Gasteiger partial charge in [-0.15, -0.1) is 0 Å². The zero-order valence-electron chi connectivity index (χ0n) is 23.4. The van der Waals surface area contributed by atoms with Crippen molar-refractivity contribution >= 4 is 11.6 Å². The third kappa shape index (κ3) is 5.71. The maximum absolute atomic E-state index is 14.7. The van der Waals surface area contributed by atoms with Crippen LogP contribution in [-0.4, -0.2) is 43.6 Å². The molecule has 0 spiro atoms. The van der Waals surface area contributed by atoms with E-state index in [1.54, 1.807) is 10.6 Å². The van der Waals surface area contributed by atoms with Crippen LogP contribution in [0.3, 0.4) is 0 Å². The molecule has 42 heavy (non-hydrogen) atoms. The van der Waals surface area contributed by atoms with Crippen LogP contribution < -0.4 is 67.2 Å². The van der Waals surface area contributed by atoms with Crippen LogP contribution in [0.25, 0.3) is 22.6 Å². The molecule has 208 valence electrons. The number of aliphatic imine (C=N–C) groups is 1. The molecule has 3 aromatic carbocycles. The van der Waals surface area contributed by atoms with Gasteiger partial charge in [-0.1, -0.05) is 61.9 Å². The number of hydroxylamine groups is 1. The summed E-state index contributed by atoms with van der Waals surface area (Å²) in [6, 6.07) is 19.9.